The number of nitrogens with two attached hydrogens (primary N) is 1. The van der Waals surface area contributed by atoms with Crippen molar-refractivity contribution in [1.82, 2.24) is 9.97 Å². The highest BCUT2D eigenvalue weighted by Crippen LogP contribution is 2.30. The summed E-state index contributed by atoms with van der Waals surface area (Å²) >= 11 is 6.15. The molecule has 0 aliphatic heterocycles. The highest BCUT2D eigenvalue weighted by atomic mass is 35.5. The molecule has 3 aromatic rings. The summed E-state index contributed by atoms with van der Waals surface area (Å²) in [5.41, 5.74) is 9.42. The first-order valence-corrected chi connectivity index (χ1v) is 7.47. The lowest BCUT2D eigenvalue weighted by atomic mass is 10.2. The Bertz CT molecular complexity index is 817. The Morgan fingerprint density at radius 1 is 0.913 bits per heavy atom. The predicted molar refractivity (Wildman–Crippen MR) is 95.6 cm³/mol. The first-order valence-electron chi connectivity index (χ1n) is 7.09. The van der Waals surface area contributed by atoms with E-state index < -0.39 is 0 Å². The first-order chi connectivity index (χ1) is 11.1. The molecule has 0 saturated carbocycles. The summed E-state index contributed by atoms with van der Waals surface area (Å²) < 4.78 is 0. The van der Waals surface area contributed by atoms with Gasteiger partial charge in [0.25, 0.3) is 0 Å². The molecule has 0 fully saturated rings. The van der Waals surface area contributed by atoms with E-state index in [0.717, 1.165) is 11.4 Å². The van der Waals surface area contributed by atoms with Crippen LogP contribution in [-0.2, 0) is 0 Å². The molecule has 2 aromatic carbocycles. The predicted octanol–water partition coefficient (Wildman–Crippen LogP) is 4.51. The Morgan fingerprint density at radius 2 is 1.57 bits per heavy atom. The van der Waals surface area contributed by atoms with Crippen LogP contribution in [0.15, 0.2) is 54.9 Å². The number of nitrogens with one attached hydrogen (secondary N) is 2. The number of nitrogens with zero attached hydrogens (tertiary/aromatic N) is 2. The number of nitrogen functional groups attached to an aromatic ring is 1. The normalized spacial score (nSPS) is 10.3. The van der Waals surface area contributed by atoms with Crippen molar-refractivity contribution < 1.29 is 0 Å². The number of aryl methyl sites for hydroxylation is 1. The molecule has 0 bridgehead atoms. The number of para-hydroxylation sites is 1. The molecule has 116 valence electrons. The SMILES string of the molecule is Cc1ccc(Nc2ncnc(Nc3ccccc3Cl)c2N)cc1. The van der Waals surface area contributed by atoms with Crippen LogP contribution in [0.3, 0.4) is 0 Å². The average molecular weight is 326 g/mol. The topological polar surface area (TPSA) is 75.9 Å². The maximum absolute atomic E-state index is 6.17. The third kappa shape index (κ3) is 3.52. The van der Waals surface area contributed by atoms with Crippen LogP contribution in [0.4, 0.5) is 28.7 Å². The van der Waals surface area contributed by atoms with Crippen molar-refractivity contribution in [3.63, 3.8) is 0 Å². The van der Waals surface area contributed by atoms with Gasteiger partial charge in [0.1, 0.15) is 12.0 Å². The number of hydrogen-bond donors (Lipinski definition) is 3. The third-order valence-corrected chi connectivity index (χ3v) is 3.65. The van der Waals surface area contributed by atoms with E-state index in [2.05, 4.69) is 20.6 Å². The van der Waals surface area contributed by atoms with Gasteiger partial charge in [-0.05, 0) is 31.2 Å². The molecule has 1 aromatic heterocycles. The van der Waals surface area contributed by atoms with Gasteiger partial charge in [-0.3, -0.25) is 0 Å². The third-order valence-electron chi connectivity index (χ3n) is 3.33. The van der Waals surface area contributed by atoms with Gasteiger partial charge in [-0.15, -0.1) is 0 Å². The molecule has 3 rings (SSSR count). The molecule has 0 atom stereocenters. The van der Waals surface area contributed by atoms with E-state index in [9.17, 15) is 0 Å². The molecule has 4 N–H and O–H groups in total. The molecule has 0 saturated heterocycles. The molecule has 0 aliphatic carbocycles. The van der Waals surface area contributed by atoms with Gasteiger partial charge in [-0.25, -0.2) is 9.97 Å². The largest absolute Gasteiger partial charge is 0.393 e. The van der Waals surface area contributed by atoms with Crippen molar-refractivity contribution in [2.75, 3.05) is 16.4 Å². The van der Waals surface area contributed by atoms with E-state index in [4.69, 9.17) is 17.3 Å². The number of anilines is 5. The van der Waals surface area contributed by atoms with Gasteiger partial charge in [-0.2, -0.15) is 0 Å². The molecule has 0 amide bonds. The van der Waals surface area contributed by atoms with Crippen LogP contribution in [0.2, 0.25) is 5.02 Å². The first kappa shape index (κ1) is 15.1. The zero-order valence-electron chi connectivity index (χ0n) is 12.5. The fourth-order valence-corrected chi connectivity index (χ4v) is 2.24. The fourth-order valence-electron chi connectivity index (χ4n) is 2.06. The molecular formula is C17H16ClN5. The van der Waals surface area contributed by atoms with Crippen molar-refractivity contribution in [2.24, 2.45) is 0 Å². The summed E-state index contributed by atoms with van der Waals surface area (Å²) in [5, 5.41) is 6.91. The molecule has 0 unspecified atom stereocenters. The van der Waals surface area contributed by atoms with E-state index >= 15 is 0 Å². The molecule has 5 nitrogen and oxygen atoms in total. The standard InChI is InChI=1S/C17H16ClN5/c1-11-6-8-12(9-7-11)22-16-15(19)17(21-10-20-16)23-14-5-3-2-4-13(14)18/h2-10H,19H2,1H3,(H2,20,21,22,23). The number of hydrogen-bond acceptors (Lipinski definition) is 5. The molecule has 23 heavy (non-hydrogen) atoms. The summed E-state index contributed by atoms with van der Waals surface area (Å²) in [6.45, 7) is 2.04. The number of rotatable bonds is 4. The minimum absolute atomic E-state index is 0.424. The lowest BCUT2D eigenvalue weighted by molar-refractivity contribution is 1.17. The summed E-state index contributed by atoms with van der Waals surface area (Å²) in [7, 11) is 0. The van der Waals surface area contributed by atoms with Crippen molar-refractivity contribution >= 4 is 40.3 Å². The minimum atomic E-state index is 0.424. The van der Waals surface area contributed by atoms with Crippen LogP contribution in [0.5, 0.6) is 0 Å². The van der Waals surface area contributed by atoms with Crippen molar-refractivity contribution in [3.05, 3.63) is 65.4 Å². The van der Waals surface area contributed by atoms with E-state index in [1.54, 1.807) is 6.07 Å². The molecule has 0 aliphatic rings. The number of benzene rings is 2. The van der Waals surface area contributed by atoms with Crippen LogP contribution in [-0.4, -0.2) is 9.97 Å². The summed E-state index contributed by atoms with van der Waals surface area (Å²) in [6.07, 6.45) is 1.45. The van der Waals surface area contributed by atoms with Crippen molar-refractivity contribution in [2.45, 2.75) is 6.92 Å². The van der Waals surface area contributed by atoms with Gasteiger partial charge in [0, 0.05) is 5.69 Å². The Morgan fingerprint density at radius 3 is 2.26 bits per heavy atom. The van der Waals surface area contributed by atoms with Crippen LogP contribution in [0, 0.1) is 6.92 Å². The second-order valence-electron chi connectivity index (χ2n) is 5.08. The fraction of sp³-hybridized carbons (Fsp3) is 0.0588. The van der Waals surface area contributed by atoms with Gasteiger partial charge < -0.3 is 16.4 Å². The van der Waals surface area contributed by atoms with Crippen LogP contribution >= 0.6 is 11.6 Å². The average Bonchev–Trinajstić information content (AvgIpc) is 2.55. The maximum Gasteiger partial charge on any atom is 0.159 e. The lowest BCUT2D eigenvalue weighted by Gasteiger charge is -2.13. The van der Waals surface area contributed by atoms with Gasteiger partial charge >= 0.3 is 0 Å². The van der Waals surface area contributed by atoms with Gasteiger partial charge in [0.15, 0.2) is 11.6 Å². The quantitative estimate of drug-likeness (QED) is 0.658. The monoisotopic (exact) mass is 325 g/mol. The van der Waals surface area contributed by atoms with E-state index in [1.165, 1.54) is 11.9 Å². The second-order valence-corrected chi connectivity index (χ2v) is 5.49. The molecule has 6 heteroatoms. The summed E-state index contributed by atoms with van der Waals surface area (Å²) in [4.78, 5) is 8.39. The second kappa shape index (κ2) is 6.54. The molecule has 0 radical (unpaired) electrons. The smallest absolute Gasteiger partial charge is 0.159 e. The summed E-state index contributed by atoms with van der Waals surface area (Å²) in [5.74, 6) is 1.04. The van der Waals surface area contributed by atoms with Crippen LogP contribution in [0.1, 0.15) is 5.56 Å². The zero-order chi connectivity index (χ0) is 16.2. The van der Waals surface area contributed by atoms with Crippen LogP contribution in [0.25, 0.3) is 0 Å². The number of halogens is 1. The highest BCUT2D eigenvalue weighted by molar-refractivity contribution is 6.33. The minimum Gasteiger partial charge on any atom is -0.393 e. The van der Waals surface area contributed by atoms with E-state index in [-0.39, 0.29) is 0 Å². The van der Waals surface area contributed by atoms with E-state index in [1.807, 2.05) is 49.4 Å². The van der Waals surface area contributed by atoms with Gasteiger partial charge in [0.05, 0.1) is 10.7 Å². The number of aromatic nitrogens is 2. The van der Waals surface area contributed by atoms with Gasteiger partial charge in [-0.1, -0.05) is 41.4 Å². The molecule has 0 spiro atoms. The highest BCUT2D eigenvalue weighted by Gasteiger charge is 2.10. The van der Waals surface area contributed by atoms with E-state index in [0.29, 0.717) is 22.3 Å². The van der Waals surface area contributed by atoms with Gasteiger partial charge in [0.2, 0.25) is 0 Å². The molecule has 1 heterocycles. The van der Waals surface area contributed by atoms with Crippen molar-refractivity contribution in [1.29, 1.82) is 0 Å². The summed E-state index contributed by atoms with van der Waals surface area (Å²) in [6, 6.07) is 15.4. The lowest BCUT2D eigenvalue weighted by Crippen LogP contribution is -2.05. The van der Waals surface area contributed by atoms with Crippen molar-refractivity contribution in [3.8, 4) is 0 Å². The Labute approximate surface area is 139 Å². The Hall–Kier alpha value is -2.79. The Balaban J connectivity index is 1.86. The maximum atomic E-state index is 6.17. The zero-order valence-corrected chi connectivity index (χ0v) is 13.3. The van der Waals surface area contributed by atoms with Crippen LogP contribution < -0.4 is 16.4 Å². The Kier molecular flexibility index (Phi) is 4.30. The molecular weight excluding hydrogens is 310 g/mol.